The van der Waals surface area contributed by atoms with Crippen molar-refractivity contribution in [3.8, 4) is 22.8 Å². The van der Waals surface area contributed by atoms with E-state index in [2.05, 4.69) is 10.3 Å². The smallest absolute Gasteiger partial charge is 0.255 e. The number of carbonyl (C=O) groups is 1. The third-order valence-corrected chi connectivity index (χ3v) is 5.94. The van der Waals surface area contributed by atoms with Gasteiger partial charge in [0.25, 0.3) is 5.91 Å². The first-order valence-electron chi connectivity index (χ1n) is 10.00. The predicted molar refractivity (Wildman–Crippen MR) is 116 cm³/mol. The summed E-state index contributed by atoms with van der Waals surface area (Å²) in [6.07, 6.45) is 2.28. The first kappa shape index (κ1) is 21.3. The van der Waals surface area contributed by atoms with E-state index in [0.29, 0.717) is 35.1 Å². The van der Waals surface area contributed by atoms with Gasteiger partial charge in [-0.15, -0.1) is 11.3 Å². The van der Waals surface area contributed by atoms with Gasteiger partial charge >= 0.3 is 0 Å². The maximum atomic E-state index is 13.9. The van der Waals surface area contributed by atoms with Gasteiger partial charge in [-0.2, -0.15) is 0 Å². The number of methoxy groups -OCH3 is 1. The Labute approximate surface area is 183 Å². The Morgan fingerprint density at radius 2 is 2.06 bits per heavy atom. The number of hydrogen-bond donors (Lipinski definition) is 2. The molecule has 1 aliphatic rings. The number of amides is 1. The number of aliphatic hydroxyl groups is 1. The van der Waals surface area contributed by atoms with Crippen molar-refractivity contribution in [1.82, 2.24) is 10.3 Å². The van der Waals surface area contributed by atoms with Crippen molar-refractivity contribution >= 4 is 17.2 Å². The molecule has 0 saturated heterocycles. The van der Waals surface area contributed by atoms with Gasteiger partial charge in [-0.3, -0.25) is 4.79 Å². The van der Waals surface area contributed by atoms with Crippen molar-refractivity contribution in [1.29, 1.82) is 0 Å². The molecule has 8 heteroatoms. The Balaban J connectivity index is 1.56. The molecule has 4 rings (SSSR count). The number of nitrogens with one attached hydrogen (secondary N) is 1. The van der Waals surface area contributed by atoms with E-state index in [0.717, 1.165) is 23.3 Å². The fraction of sp³-hybridized carbons (Fsp3) is 0.304. The summed E-state index contributed by atoms with van der Waals surface area (Å²) in [6, 6.07) is 9.89. The second-order valence-electron chi connectivity index (χ2n) is 7.40. The van der Waals surface area contributed by atoms with Crippen LogP contribution in [0.3, 0.4) is 0 Å². The van der Waals surface area contributed by atoms with Crippen molar-refractivity contribution in [3.63, 3.8) is 0 Å². The van der Waals surface area contributed by atoms with Crippen LogP contribution < -0.4 is 14.8 Å². The molecule has 6 nitrogen and oxygen atoms in total. The lowest BCUT2D eigenvalue weighted by atomic mass is 10.1. The van der Waals surface area contributed by atoms with Gasteiger partial charge in [0.05, 0.1) is 42.0 Å². The lowest BCUT2D eigenvalue weighted by molar-refractivity contribution is 0.0946. The minimum atomic E-state index is -0.482. The topological polar surface area (TPSA) is 80.7 Å². The van der Waals surface area contributed by atoms with Gasteiger partial charge in [0.2, 0.25) is 0 Å². The van der Waals surface area contributed by atoms with Crippen molar-refractivity contribution in [2.75, 3.05) is 13.7 Å². The molecular weight excluding hydrogens is 419 g/mol. The number of nitrogens with zero attached hydrogens (tertiary/aromatic N) is 1. The molecule has 0 bridgehead atoms. The van der Waals surface area contributed by atoms with Crippen molar-refractivity contribution in [3.05, 3.63) is 63.7 Å². The highest BCUT2D eigenvalue weighted by Crippen LogP contribution is 2.33. The highest BCUT2D eigenvalue weighted by Gasteiger charge is 2.24. The van der Waals surface area contributed by atoms with E-state index in [-0.39, 0.29) is 24.8 Å². The van der Waals surface area contributed by atoms with Crippen LogP contribution in [0.2, 0.25) is 0 Å². The Morgan fingerprint density at radius 3 is 2.77 bits per heavy atom. The highest BCUT2D eigenvalue weighted by atomic mass is 32.1. The summed E-state index contributed by atoms with van der Waals surface area (Å²) < 4.78 is 24.8. The number of benzene rings is 2. The van der Waals surface area contributed by atoms with Gasteiger partial charge in [-0.1, -0.05) is 6.07 Å². The Hall–Kier alpha value is -2.97. The predicted octanol–water partition coefficient (Wildman–Crippen LogP) is 4.17. The van der Waals surface area contributed by atoms with Gasteiger partial charge < -0.3 is 19.9 Å². The van der Waals surface area contributed by atoms with Crippen LogP contribution in [0.4, 0.5) is 4.39 Å². The van der Waals surface area contributed by atoms with Gasteiger partial charge in [-0.05, 0) is 54.7 Å². The fourth-order valence-electron chi connectivity index (χ4n) is 3.19. The quantitative estimate of drug-likeness (QED) is 0.520. The number of rotatable bonds is 9. The zero-order valence-electron chi connectivity index (χ0n) is 17.1. The van der Waals surface area contributed by atoms with E-state index < -0.39 is 5.82 Å². The van der Waals surface area contributed by atoms with Crippen LogP contribution in [0, 0.1) is 11.7 Å². The molecule has 162 valence electrons. The maximum Gasteiger partial charge on any atom is 0.255 e. The zero-order valence-corrected chi connectivity index (χ0v) is 17.9. The fourth-order valence-corrected chi connectivity index (χ4v) is 3.83. The van der Waals surface area contributed by atoms with E-state index in [1.165, 1.54) is 30.6 Å². The van der Waals surface area contributed by atoms with E-state index in [4.69, 9.17) is 9.47 Å². The van der Waals surface area contributed by atoms with Crippen molar-refractivity contribution in [2.45, 2.75) is 26.0 Å². The second kappa shape index (κ2) is 9.45. The van der Waals surface area contributed by atoms with E-state index >= 15 is 0 Å². The van der Waals surface area contributed by atoms with Crippen LogP contribution in [-0.4, -0.2) is 29.7 Å². The van der Waals surface area contributed by atoms with Gasteiger partial charge in [0.15, 0.2) is 11.6 Å². The molecule has 0 radical (unpaired) electrons. The molecule has 1 aliphatic carbocycles. The van der Waals surface area contributed by atoms with Crippen LogP contribution >= 0.6 is 11.3 Å². The average molecular weight is 443 g/mol. The molecule has 2 aromatic carbocycles. The van der Waals surface area contributed by atoms with Crippen LogP contribution in [0.25, 0.3) is 11.3 Å². The first-order valence-corrected chi connectivity index (χ1v) is 10.9. The molecule has 1 saturated carbocycles. The Bertz CT molecular complexity index is 1080. The Kier molecular flexibility index (Phi) is 6.48. The average Bonchev–Trinajstić information content (AvgIpc) is 3.50. The van der Waals surface area contributed by atoms with Crippen LogP contribution in [0.15, 0.2) is 41.9 Å². The third-order valence-electron chi connectivity index (χ3n) is 5.12. The van der Waals surface area contributed by atoms with Gasteiger partial charge in [0, 0.05) is 12.1 Å². The van der Waals surface area contributed by atoms with Crippen LogP contribution in [0.1, 0.15) is 33.6 Å². The summed E-state index contributed by atoms with van der Waals surface area (Å²) in [6.45, 7) is 0.608. The second-order valence-corrected chi connectivity index (χ2v) is 8.34. The minimum Gasteiger partial charge on any atom is -0.494 e. The molecule has 2 N–H and O–H groups in total. The van der Waals surface area contributed by atoms with Crippen molar-refractivity contribution in [2.24, 2.45) is 5.92 Å². The summed E-state index contributed by atoms with van der Waals surface area (Å²) in [5.74, 6) is 0.378. The number of halogens is 1. The number of thiazole rings is 1. The number of aliphatic hydroxyl groups excluding tert-OH is 1. The highest BCUT2D eigenvalue weighted by molar-refractivity contribution is 7.10. The standard InChI is InChI=1S/C23H23FN2O4S/c1-29-20-6-4-15(8-18(20)24)10-25-23(28)17-9-16(22-21(11-27)31-13-26-22)5-7-19(17)30-12-14-2-3-14/h4-9,13-14,27H,2-3,10-12H2,1H3,(H,25,28). The van der Waals surface area contributed by atoms with Gasteiger partial charge in [0.1, 0.15) is 5.75 Å². The monoisotopic (exact) mass is 442 g/mol. The number of hydrogen-bond acceptors (Lipinski definition) is 6. The lowest BCUT2D eigenvalue weighted by Gasteiger charge is -2.14. The summed E-state index contributed by atoms with van der Waals surface area (Å²) in [7, 11) is 1.40. The van der Waals surface area contributed by atoms with Crippen LogP contribution in [0.5, 0.6) is 11.5 Å². The Morgan fingerprint density at radius 1 is 1.26 bits per heavy atom. The molecule has 0 unspecified atom stereocenters. The molecule has 3 aromatic rings. The van der Waals surface area contributed by atoms with Gasteiger partial charge in [-0.25, -0.2) is 9.37 Å². The minimum absolute atomic E-state index is 0.121. The molecule has 0 atom stereocenters. The zero-order chi connectivity index (χ0) is 21.8. The SMILES string of the molecule is COc1ccc(CNC(=O)c2cc(-c3ncsc3CO)ccc2OCC2CC2)cc1F. The summed E-state index contributed by atoms with van der Waals surface area (Å²) in [5, 5.41) is 12.4. The lowest BCUT2D eigenvalue weighted by Crippen LogP contribution is -2.24. The first-order chi connectivity index (χ1) is 15.1. The molecule has 1 aromatic heterocycles. The molecule has 1 fully saturated rings. The number of carbonyl (C=O) groups excluding carboxylic acids is 1. The summed E-state index contributed by atoms with van der Waals surface area (Å²) in [4.78, 5) is 18.1. The number of aromatic nitrogens is 1. The molecule has 0 aliphatic heterocycles. The summed E-state index contributed by atoms with van der Waals surface area (Å²) in [5.41, 5.74) is 4.03. The van der Waals surface area contributed by atoms with Crippen molar-refractivity contribution < 1.29 is 23.8 Å². The van der Waals surface area contributed by atoms with E-state index in [9.17, 15) is 14.3 Å². The van der Waals surface area contributed by atoms with E-state index in [1.54, 1.807) is 23.7 Å². The normalized spacial score (nSPS) is 13.1. The summed E-state index contributed by atoms with van der Waals surface area (Å²) >= 11 is 1.36. The third kappa shape index (κ3) is 5.03. The largest absolute Gasteiger partial charge is 0.494 e. The van der Waals surface area contributed by atoms with Crippen LogP contribution in [-0.2, 0) is 13.2 Å². The van der Waals surface area contributed by atoms with E-state index in [1.807, 2.05) is 6.07 Å². The molecule has 1 amide bonds. The molecule has 0 spiro atoms. The molecule has 1 heterocycles. The molecule has 31 heavy (non-hydrogen) atoms. The maximum absolute atomic E-state index is 13.9. The number of ether oxygens (including phenoxy) is 2. The molecular formula is C23H23FN2O4S.